The molecule has 22 heavy (non-hydrogen) atoms. The lowest BCUT2D eigenvalue weighted by molar-refractivity contribution is -0.138. The van der Waals surface area contributed by atoms with Crippen molar-refractivity contribution in [2.24, 2.45) is 0 Å². The lowest BCUT2D eigenvalue weighted by Gasteiger charge is -2.29. The van der Waals surface area contributed by atoms with Crippen LogP contribution in [0.15, 0.2) is 23.0 Å². The third-order valence-corrected chi connectivity index (χ3v) is 3.55. The predicted octanol–water partition coefficient (Wildman–Crippen LogP) is 3.90. The second kappa shape index (κ2) is 4.34. The summed E-state index contributed by atoms with van der Waals surface area (Å²) in [6.45, 7) is 3.79. The van der Waals surface area contributed by atoms with Gasteiger partial charge in [0.05, 0.1) is 11.1 Å². The Kier molecular flexibility index (Phi) is 2.89. The highest BCUT2D eigenvalue weighted by Gasteiger charge is 2.38. The van der Waals surface area contributed by atoms with Crippen molar-refractivity contribution in [3.8, 4) is 0 Å². The van der Waals surface area contributed by atoms with Gasteiger partial charge in [-0.3, -0.25) is 4.79 Å². The molecule has 0 aliphatic carbocycles. The average molecular weight is 312 g/mol. The van der Waals surface area contributed by atoms with E-state index < -0.39 is 23.1 Å². The summed E-state index contributed by atoms with van der Waals surface area (Å²) in [5, 5.41) is 2.77. The molecule has 0 saturated carbocycles. The van der Waals surface area contributed by atoms with Gasteiger partial charge in [-0.25, -0.2) is 4.39 Å². The van der Waals surface area contributed by atoms with Crippen molar-refractivity contribution in [1.82, 2.24) is 4.98 Å². The van der Waals surface area contributed by atoms with E-state index in [1.807, 2.05) is 13.8 Å². The number of aromatic amines is 1. The van der Waals surface area contributed by atoms with Crippen molar-refractivity contribution in [3.05, 3.63) is 45.5 Å². The molecule has 116 valence electrons. The smallest absolute Gasteiger partial charge is 0.376 e. The molecule has 0 atom stereocenters. The number of hydrogen-bond donors (Lipinski definition) is 2. The molecule has 0 fully saturated rings. The molecule has 7 heteroatoms. The highest BCUT2D eigenvalue weighted by molar-refractivity contribution is 5.91. The number of rotatable bonds is 0. The van der Waals surface area contributed by atoms with Crippen LogP contribution in [0.4, 0.5) is 23.2 Å². The molecule has 0 amide bonds. The van der Waals surface area contributed by atoms with Crippen molar-refractivity contribution in [3.63, 3.8) is 0 Å². The van der Waals surface area contributed by atoms with Crippen LogP contribution in [-0.4, -0.2) is 10.5 Å². The lowest BCUT2D eigenvalue weighted by Crippen LogP contribution is -2.30. The number of nitrogens with one attached hydrogen (secondary N) is 2. The molecule has 0 saturated heterocycles. The van der Waals surface area contributed by atoms with Crippen molar-refractivity contribution in [1.29, 1.82) is 0 Å². The normalized spacial score (nSPS) is 16.5. The van der Waals surface area contributed by atoms with Gasteiger partial charge in [-0.1, -0.05) is 12.2 Å². The van der Waals surface area contributed by atoms with Crippen LogP contribution in [0.2, 0.25) is 0 Å². The van der Waals surface area contributed by atoms with Gasteiger partial charge in [-0.15, -0.1) is 0 Å². The maximum atomic E-state index is 13.7. The number of aromatic nitrogens is 1. The number of benzene rings is 1. The Balaban J connectivity index is 2.38. The van der Waals surface area contributed by atoms with E-state index >= 15 is 0 Å². The van der Waals surface area contributed by atoms with Crippen LogP contribution in [0, 0.1) is 5.82 Å². The Bertz CT molecular complexity index is 862. The van der Waals surface area contributed by atoms with Crippen LogP contribution in [0.5, 0.6) is 0 Å². The van der Waals surface area contributed by atoms with Crippen molar-refractivity contribution in [2.75, 3.05) is 5.32 Å². The quantitative estimate of drug-likeness (QED) is 0.725. The number of fused-ring (bicyclic) bond motifs is 2. The minimum absolute atomic E-state index is 0.0592. The number of pyridine rings is 1. The summed E-state index contributed by atoms with van der Waals surface area (Å²) in [5.74, 6) is -1.81. The molecular weight excluding hydrogens is 300 g/mol. The van der Waals surface area contributed by atoms with Crippen LogP contribution < -0.4 is 10.9 Å². The fourth-order valence-corrected chi connectivity index (χ4v) is 2.55. The van der Waals surface area contributed by atoms with Crippen LogP contribution in [-0.2, 0) is 6.18 Å². The molecule has 2 N–H and O–H groups in total. The molecule has 0 bridgehead atoms. The van der Waals surface area contributed by atoms with Gasteiger partial charge in [0.2, 0.25) is 5.82 Å². The molecule has 3 nitrogen and oxygen atoms in total. The number of hydrogen-bond acceptors (Lipinski definition) is 2. The predicted molar refractivity (Wildman–Crippen MR) is 76.3 cm³/mol. The second-order valence-electron chi connectivity index (χ2n) is 5.81. The van der Waals surface area contributed by atoms with E-state index in [1.54, 1.807) is 12.2 Å². The topological polar surface area (TPSA) is 44.9 Å². The standard InChI is InChI=1S/C15H12F4N2O/c1-14(2)4-3-7-5-8-10(6-9(7)21-14)20-13(22)12(16)11(8)15(17,18)19/h3-6,21H,1-2H3,(H,20,22). The summed E-state index contributed by atoms with van der Waals surface area (Å²) in [6, 6.07) is 2.62. The third kappa shape index (κ3) is 2.26. The first-order chi connectivity index (χ1) is 10.1. The lowest BCUT2D eigenvalue weighted by atomic mass is 9.94. The van der Waals surface area contributed by atoms with Gasteiger partial charge in [0.25, 0.3) is 5.56 Å². The molecule has 2 aromatic rings. The minimum Gasteiger partial charge on any atom is -0.376 e. The molecule has 1 aliphatic heterocycles. The van der Waals surface area contributed by atoms with Crippen molar-refractivity contribution < 1.29 is 17.6 Å². The molecule has 1 aromatic heterocycles. The molecule has 2 heterocycles. The zero-order valence-electron chi connectivity index (χ0n) is 11.7. The first-order valence-corrected chi connectivity index (χ1v) is 6.53. The monoisotopic (exact) mass is 312 g/mol. The Morgan fingerprint density at radius 1 is 1.18 bits per heavy atom. The fourth-order valence-electron chi connectivity index (χ4n) is 2.55. The van der Waals surface area contributed by atoms with E-state index in [9.17, 15) is 22.4 Å². The van der Waals surface area contributed by atoms with Crippen molar-refractivity contribution in [2.45, 2.75) is 25.6 Å². The van der Waals surface area contributed by atoms with Crippen LogP contribution >= 0.6 is 0 Å². The van der Waals surface area contributed by atoms with Crippen molar-refractivity contribution >= 4 is 22.7 Å². The molecule has 1 aromatic carbocycles. The number of anilines is 1. The second-order valence-corrected chi connectivity index (χ2v) is 5.81. The summed E-state index contributed by atoms with van der Waals surface area (Å²) >= 11 is 0. The van der Waals surface area contributed by atoms with E-state index in [4.69, 9.17) is 0 Å². The van der Waals surface area contributed by atoms with Gasteiger partial charge in [0.1, 0.15) is 5.56 Å². The van der Waals surface area contributed by atoms with E-state index in [-0.39, 0.29) is 16.4 Å². The van der Waals surface area contributed by atoms with Gasteiger partial charge >= 0.3 is 6.18 Å². The van der Waals surface area contributed by atoms with Crippen LogP contribution in [0.25, 0.3) is 17.0 Å². The van der Waals surface area contributed by atoms with Crippen LogP contribution in [0.3, 0.4) is 0 Å². The number of H-pyrrole nitrogens is 1. The summed E-state index contributed by atoms with van der Waals surface area (Å²) < 4.78 is 52.9. The first kappa shape index (κ1) is 14.6. The number of alkyl halides is 3. The minimum atomic E-state index is -4.95. The Morgan fingerprint density at radius 3 is 2.50 bits per heavy atom. The fraction of sp³-hybridized carbons (Fsp3) is 0.267. The van der Waals surface area contributed by atoms with E-state index in [2.05, 4.69) is 10.3 Å². The van der Waals surface area contributed by atoms with E-state index in [0.717, 1.165) is 0 Å². The molecule has 3 rings (SSSR count). The van der Waals surface area contributed by atoms with E-state index in [1.165, 1.54) is 12.1 Å². The highest BCUT2D eigenvalue weighted by Crippen LogP contribution is 2.38. The van der Waals surface area contributed by atoms with E-state index in [0.29, 0.717) is 11.3 Å². The molecule has 0 spiro atoms. The SMILES string of the molecule is CC1(C)C=Cc2cc3c(C(F)(F)F)c(F)c(=O)[nH]c3cc2N1. The summed E-state index contributed by atoms with van der Waals surface area (Å²) in [5.41, 5.74) is -2.26. The molecule has 0 unspecified atom stereocenters. The largest absolute Gasteiger partial charge is 0.420 e. The molecular formula is C15H12F4N2O. The van der Waals surface area contributed by atoms with Gasteiger partial charge in [-0.2, -0.15) is 13.2 Å². The average Bonchev–Trinajstić information content (AvgIpc) is 2.36. The Hall–Kier alpha value is -2.31. The van der Waals surface area contributed by atoms with Gasteiger partial charge in [0, 0.05) is 11.1 Å². The van der Waals surface area contributed by atoms with Gasteiger partial charge in [-0.05, 0) is 31.5 Å². The van der Waals surface area contributed by atoms with Crippen LogP contribution in [0.1, 0.15) is 25.0 Å². The zero-order chi connectivity index (χ0) is 16.3. The zero-order valence-corrected chi connectivity index (χ0v) is 11.7. The third-order valence-electron chi connectivity index (χ3n) is 3.55. The van der Waals surface area contributed by atoms with Gasteiger partial charge in [0.15, 0.2) is 0 Å². The summed E-state index contributed by atoms with van der Waals surface area (Å²) in [4.78, 5) is 13.6. The van der Waals surface area contributed by atoms with Gasteiger partial charge < -0.3 is 10.3 Å². The summed E-state index contributed by atoms with van der Waals surface area (Å²) in [6.07, 6.45) is -1.47. The maximum absolute atomic E-state index is 13.7. The Morgan fingerprint density at radius 2 is 1.86 bits per heavy atom. The molecule has 1 aliphatic rings. The summed E-state index contributed by atoms with van der Waals surface area (Å²) in [7, 11) is 0. The highest BCUT2D eigenvalue weighted by atomic mass is 19.4. The first-order valence-electron chi connectivity index (χ1n) is 6.53. The number of halogens is 4. The Labute approximate surface area is 122 Å². The molecule has 0 radical (unpaired) electrons. The maximum Gasteiger partial charge on any atom is 0.420 e.